The molecule has 0 amide bonds. The van der Waals surface area contributed by atoms with E-state index >= 15 is 0 Å². The van der Waals surface area contributed by atoms with Gasteiger partial charge in [0.15, 0.2) is 5.17 Å². The fourth-order valence-electron chi connectivity index (χ4n) is 3.00. The Hall–Kier alpha value is -2.30. The summed E-state index contributed by atoms with van der Waals surface area (Å²) in [7, 11) is 0. The van der Waals surface area contributed by atoms with Crippen molar-refractivity contribution in [2.45, 2.75) is 6.42 Å². The summed E-state index contributed by atoms with van der Waals surface area (Å²) in [4.78, 5) is 11.2. The lowest BCUT2D eigenvalue weighted by Gasteiger charge is -2.26. The van der Waals surface area contributed by atoms with Gasteiger partial charge in [-0.2, -0.15) is 0 Å². The zero-order chi connectivity index (χ0) is 17.8. The van der Waals surface area contributed by atoms with Crippen LogP contribution in [0.15, 0.2) is 78.0 Å². The van der Waals surface area contributed by atoms with E-state index in [1.807, 2.05) is 36.5 Å². The van der Waals surface area contributed by atoms with Gasteiger partial charge in [0.2, 0.25) is 0 Å². The number of nitrogens with zero attached hydrogens (tertiary/aromatic N) is 3. The summed E-state index contributed by atoms with van der Waals surface area (Å²) in [6, 6.07) is 20.5. The summed E-state index contributed by atoms with van der Waals surface area (Å²) in [5.41, 5.74) is 4.65. The summed E-state index contributed by atoms with van der Waals surface area (Å²) in [6.45, 7) is 0.856. The number of aliphatic imine (C=N–C) groups is 1. The summed E-state index contributed by atoms with van der Waals surface area (Å²) in [5, 5.41) is 1.77. The van der Waals surface area contributed by atoms with Crippen LogP contribution < -0.4 is 4.90 Å². The van der Waals surface area contributed by atoms with Crippen LogP contribution in [-0.2, 0) is 6.42 Å². The lowest BCUT2D eigenvalue weighted by molar-refractivity contribution is 1.13. The molecule has 0 bridgehead atoms. The number of rotatable bonds is 4. The first-order chi connectivity index (χ1) is 12.8. The van der Waals surface area contributed by atoms with E-state index in [1.165, 1.54) is 11.1 Å². The predicted octanol–water partition coefficient (Wildman–Crippen LogP) is 5.57. The first kappa shape index (κ1) is 17.1. The number of benzene rings is 2. The zero-order valence-corrected chi connectivity index (χ0v) is 15.7. The van der Waals surface area contributed by atoms with Crippen molar-refractivity contribution >= 4 is 39.9 Å². The first-order valence-electron chi connectivity index (χ1n) is 8.51. The third-order valence-corrected chi connectivity index (χ3v) is 5.40. The van der Waals surface area contributed by atoms with E-state index in [1.54, 1.807) is 18.0 Å². The summed E-state index contributed by atoms with van der Waals surface area (Å²) in [6.07, 6.45) is 4.55. The molecule has 1 aromatic heterocycles. The van der Waals surface area contributed by atoms with Gasteiger partial charge in [-0.15, -0.1) is 0 Å². The maximum atomic E-state index is 6.10. The smallest absolute Gasteiger partial charge is 0.168 e. The van der Waals surface area contributed by atoms with Crippen LogP contribution in [0, 0.1) is 0 Å². The number of hydrogen-bond donors (Lipinski definition) is 0. The molecule has 0 saturated carbocycles. The van der Waals surface area contributed by atoms with Gasteiger partial charge in [-0.25, -0.2) is 0 Å². The quantitative estimate of drug-likeness (QED) is 0.593. The number of para-hydroxylation sites is 1. The Morgan fingerprint density at radius 3 is 2.58 bits per heavy atom. The summed E-state index contributed by atoms with van der Waals surface area (Å²) < 4.78 is 0. The third kappa shape index (κ3) is 3.76. The molecule has 3 nitrogen and oxygen atoms in total. The van der Waals surface area contributed by atoms with Gasteiger partial charge in [-0.3, -0.25) is 14.9 Å². The van der Waals surface area contributed by atoms with Crippen LogP contribution in [0.3, 0.4) is 0 Å². The van der Waals surface area contributed by atoms with Crippen molar-refractivity contribution in [3.8, 4) is 0 Å². The lowest BCUT2D eigenvalue weighted by atomic mass is 10.0. The van der Waals surface area contributed by atoms with Crippen molar-refractivity contribution in [1.29, 1.82) is 0 Å². The van der Waals surface area contributed by atoms with Crippen molar-refractivity contribution < 1.29 is 0 Å². The van der Waals surface area contributed by atoms with Gasteiger partial charge in [0.1, 0.15) is 0 Å². The van der Waals surface area contributed by atoms with E-state index in [9.17, 15) is 0 Å². The van der Waals surface area contributed by atoms with Gasteiger partial charge in [-0.1, -0.05) is 47.6 Å². The SMILES string of the molecule is Clc1ccc(N(C2=NCCS2)c2ccccc2Cc2cccnc2)cc1. The fraction of sp³-hybridized carbons (Fsp3) is 0.143. The van der Waals surface area contributed by atoms with Crippen LogP contribution in [0.25, 0.3) is 0 Å². The Morgan fingerprint density at radius 2 is 1.85 bits per heavy atom. The number of thioether (sulfide) groups is 1. The molecule has 2 aromatic carbocycles. The molecule has 130 valence electrons. The molecule has 0 saturated heterocycles. The van der Waals surface area contributed by atoms with Crippen LogP contribution in [-0.4, -0.2) is 22.4 Å². The molecule has 3 aromatic rings. The monoisotopic (exact) mass is 379 g/mol. The molecule has 5 heteroatoms. The molecule has 0 atom stereocenters. The maximum absolute atomic E-state index is 6.10. The lowest BCUT2D eigenvalue weighted by Crippen LogP contribution is -2.23. The number of amidine groups is 1. The maximum Gasteiger partial charge on any atom is 0.168 e. The molecule has 0 N–H and O–H groups in total. The highest BCUT2D eigenvalue weighted by Crippen LogP contribution is 2.35. The fourth-order valence-corrected chi connectivity index (χ4v) is 4.01. The second-order valence-corrected chi connectivity index (χ2v) is 7.49. The zero-order valence-electron chi connectivity index (χ0n) is 14.2. The molecule has 1 aliphatic rings. The van der Waals surface area contributed by atoms with Crippen LogP contribution >= 0.6 is 23.4 Å². The molecule has 0 unspecified atom stereocenters. The topological polar surface area (TPSA) is 28.5 Å². The summed E-state index contributed by atoms with van der Waals surface area (Å²) >= 11 is 7.89. The minimum absolute atomic E-state index is 0.735. The van der Waals surface area contributed by atoms with E-state index in [4.69, 9.17) is 16.6 Å². The third-order valence-electron chi connectivity index (χ3n) is 4.20. The highest BCUT2D eigenvalue weighted by atomic mass is 35.5. The molecule has 0 fully saturated rings. The second kappa shape index (κ2) is 7.94. The molecule has 0 aliphatic carbocycles. The van der Waals surface area contributed by atoms with E-state index < -0.39 is 0 Å². The molecule has 2 heterocycles. The Bertz CT molecular complexity index is 910. The predicted molar refractivity (Wildman–Crippen MR) is 112 cm³/mol. The standard InChI is InChI=1S/C21H18ClN3S/c22-18-7-9-19(10-8-18)25(21-24-12-13-26-21)20-6-2-1-5-17(20)14-16-4-3-11-23-15-16/h1-11,15H,12-14H2. The van der Waals surface area contributed by atoms with Gasteiger partial charge in [0, 0.05) is 35.3 Å². The van der Waals surface area contributed by atoms with E-state index in [2.05, 4.69) is 40.2 Å². The average Bonchev–Trinajstić information content (AvgIpc) is 3.20. The van der Waals surface area contributed by atoms with Crippen LogP contribution in [0.4, 0.5) is 11.4 Å². The normalized spacial score (nSPS) is 13.5. The van der Waals surface area contributed by atoms with Gasteiger partial charge in [-0.05, 0) is 47.5 Å². The molecule has 4 rings (SSSR count). The number of anilines is 2. The minimum Gasteiger partial charge on any atom is -0.290 e. The molecule has 0 radical (unpaired) electrons. The van der Waals surface area contributed by atoms with Crippen LogP contribution in [0.5, 0.6) is 0 Å². The molecule has 0 spiro atoms. The van der Waals surface area contributed by atoms with Crippen molar-refractivity contribution in [3.63, 3.8) is 0 Å². The minimum atomic E-state index is 0.735. The Morgan fingerprint density at radius 1 is 1.00 bits per heavy atom. The van der Waals surface area contributed by atoms with Crippen LogP contribution in [0.1, 0.15) is 11.1 Å². The Labute approximate surface area is 162 Å². The number of halogens is 1. The van der Waals surface area contributed by atoms with E-state index in [0.29, 0.717) is 0 Å². The number of hydrogen-bond acceptors (Lipinski definition) is 4. The molecular formula is C21H18ClN3S. The van der Waals surface area contributed by atoms with Crippen molar-refractivity contribution in [1.82, 2.24) is 4.98 Å². The van der Waals surface area contributed by atoms with E-state index in [-0.39, 0.29) is 0 Å². The van der Waals surface area contributed by atoms with Gasteiger partial charge < -0.3 is 0 Å². The first-order valence-corrected chi connectivity index (χ1v) is 9.87. The number of pyridine rings is 1. The van der Waals surface area contributed by atoms with Crippen molar-refractivity contribution in [2.75, 3.05) is 17.2 Å². The van der Waals surface area contributed by atoms with Gasteiger partial charge in [0.05, 0.1) is 12.2 Å². The number of aromatic nitrogens is 1. The highest BCUT2D eigenvalue weighted by Gasteiger charge is 2.22. The molecule has 1 aliphatic heterocycles. The Balaban J connectivity index is 1.77. The second-order valence-electron chi connectivity index (χ2n) is 5.99. The Kier molecular flexibility index (Phi) is 5.23. The van der Waals surface area contributed by atoms with Gasteiger partial charge >= 0.3 is 0 Å². The molecular weight excluding hydrogens is 362 g/mol. The van der Waals surface area contributed by atoms with Crippen molar-refractivity contribution in [2.24, 2.45) is 4.99 Å². The van der Waals surface area contributed by atoms with E-state index in [0.717, 1.165) is 40.3 Å². The van der Waals surface area contributed by atoms with Crippen molar-refractivity contribution in [3.05, 3.63) is 89.2 Å². The average molecular weight is 380 g/mol. The highest BCUT2D eigenvalue weighted by molar-refractivity contribution is 8.14. The van der Waals surface area contributed by atoms with Gasteiger partial charge in [0.25, 0.3) is 0 Å². The summed E-state index contributed by atoms with van der Waals surface area (Å²) in [5.74, 6) is 1.02. The largest absolute Gasteiger partial charge is 0.290 e. The van der Waals surface area contributed by atoms with Crippen LogP contribution in [0.2, 0.25) is 5.02 Å². The molecule has 26 heavy (non-hydrogen) atoms.